The molecule has 1 fully saturated rings. The second kappa shape index (κ2) is 6.20. The number of nitrogens with one attached hydrogen (secondary N) is 1. The number of rotatable bonds is 4. The van der Waals surface area contributed by atoms with Crippen LogP contribution in [0.3, 0.4) is 0 Å². The van der Waals surface area contributed by atoms with Gasteiger partial charge < -0.3 is 10.4 Å². The topological polar surface area (TPSA) is 32.3 Å². The number of halogens is 1. The SMILES string of the molecule is CC(O)c1ccccc1NC1CC(c2cccc(Br)c2)C1. The number of para-hydroxylation sites is 1. The minimum atomic E-state index is -0.436. The van der Waals surface area contributed by atoms with E-state index in [1.165, 1.54) is 5.56 Å². The van der Waals surface area contributed by atoms with Gasteiger partial charge in [-0.25, -0.2) is 0 Å². The van der Waals surface area contributed by atoms with E-state index in [4.69, 9.17) is 0 Å². The quantitative estimate of drug-likeness (QED) is 0.829. The average Bonchev–Trinajstić information content (AvgIpc) is 2.42. The van der Waals surface area contributed by atoms with E-state index in [-0.39, 0.29) is 0 Å². The van der Waals surface area contributed by atoms with Crippen molar-refractivity contribution in [2.75, 3.05) is 5.32 Å². The lowest BCUT2D eigenvalue weighted by atomic mass is 9.75. The Morgan fingerprint density at radius 1 is 1.14 bits per heavy atom. The Morgan fingerprint density at radius 3 is 2.62 bits per heavy atom. The fourth-order valence-corrected chi connectivity index (χ4v) is 3.40. The third-order valence-corrected chi connectivity index (χ3v) is 4.72. The van der Waals surface area contributed by atoms with E-state index in [1.54, 1.807) is 0 Å². The lowest BCUT2D eigenvalue weighted by Crippen LogP contribution is -2.34. The predicted molar refractivity (Wildman–Crippen MR) is 90.6 cm³/mol. The van der Waals surface area contributed by atoms with E-state index < -0.39 is 6.10 Å². The summed E-state index contributed by atoms with van der Waals surface area (Å²) in [6.45, 7) is 1.81. The number of hydrogen-bond donors (Lipinski definition) is 2. The largest absolute Gasteiger partial charge is 0.389 e. The molecule has 0 radical (unpaired) electrons. The lowest BCUT2D eigenvalue weighted by molar-refractivity contribution is 0.199. The second-order valence-electron chi connectivity index (χ2n) is 5.83. The van der Waals surface area contributed by atoms with Crippen molar-refractivity contribution in [2.24, 2.45) is 0 Å². The fourth-order valence-electron chi connectivity index (χ4n) is 2.98. The van der Waals surface area contributed by atoms with Crippen LogP contribution >= 0.6 is 15.9 Å². The highest BCUT2D eigenvalue weighted by molar-refractivity contribution is 9.10. The maximum atomic E-state index is 9.82. The summed E-state index contributed by atoms with van der Waals surface area (Å²) in [5, 5.41) is 13.4. The summed E-state index contributed by atoms with van der Waals surface area (Å²) >= 11 is 3.53. The van der Waals surface area contributed by atoms with Gasteiger partial charge in [0.2, 0.25) is 0 Å². The van der Waals surface area contributed by atoms with Crippen molar-refractivity contribution in [1.82, 2.24) is 0 Å². The summed E-state index contributed by atoms with van der Waals surface area (Å²) in [4.78, 5) is 0. The monoisotopic (exact) mass is 345 g/mol. The number of aliphatic hydroxyl groups is 1. The van der Waals surface area contributed by atoms with Gasteiger partial charge in [0.25, 0.3) is 0 Å². The third kappa shape index (κ3) is 3.30. The molecular formula is C18H20BrNO. The maximum absolute atomic E-state index is 9.82. The zero-order chi connectivity index (χ0) is 14.8. The highest BCUT2D eigenvalue weighted by Gasteiger charge is 2.30. The summed E-state index contributed by atoms with van der Waals surface area (Å²) in [6, 6.07) is 17.1. The zero-order valence-corrected chi connectivity index (χ0v) is 13.7. The Balaban J connectivity index is 1.63. The maximum Gasteiger partial charge on any atom is 0.0781 e. The van der Waals surface area contributed by atoms with Crippen molar-refractivity contribution < 1.29 is 5.11 Å². The van der Waals surface area contributed by atoms with Gasteiger partial charge >= 0.3 is 0 Å². The van der Waals surface area contributed by atoms with E-state index in [0.29, 0.717) is 12.0 Å². The van der Waals surface area contributed by atoms with E-state index in [9.17, 15) is 5.11 Å². The van der Waals surface area contributed by atoms with E-state index in [1.807, 2.05) is 25.1 Å². The van der Waals surface area contributed by atoms with Crippen molar-refractivity contribution in [1.29, 1.82) is 0 Å². The van der Waals surface area contributed by atoms with Gasteiger partial charge in [-0.05, 0) is 49.4 Å². The first kappa shape index (κ1) is 14.6. The molecule has 1 aliphatic carbocycles. The molecule has 3 heteroatoms. The Hall–Kier alpha value is -1.32. The molecule has 1 aliphatic rings. The molecule has 0 amide bonds. The van der Waals surface area contributed by atoms with Gasteiger partial charge in [0.15, 0.2) is 0 Å². The molecule has 0 aromatic heterocycles. The van der Waals surface area contributed by atoms with Gasteiger partial charge in [0, 0.05) is 21.8 Å². The highest BCUT2D eigenvalue weighted by atomic mass is 79.9. The Kier molecular flexibility index (Phi) is 4.32. The first-order chi connectivity index (χ1) is 10.1. The predicted octanol–water partition coefficient (Wildman–Crippen LogP) is 4.86. The molecular weight excluding hydrogens is 326 g/mol. The van der Waals surface area contributed by atoms with Crippen LogP contribution in [0.4, 0.5) is 5.69 Å². The third-order valence-electron chi connectivity index (χ3n) is 4.23. The van der Waals surface area contributed by atoms with Crippen LogP contribution in [0.15, 0.2) is 53.0 Å². The molecule has 0 heterocycles. The Morgan fingerprint density at radius 2 is 1.90 bits per heavy atom. The number of benzene rings is 2. The van der Waals surface area contributed by atoms with Crippen LogP contribution in [-0.2, 0) is 0 Å². The van der Waals surface area contributed by atoms with Crippen LogP contribution in [0.25, 0.3) is 0 Å². The first-order valence-electron chi connectivity index (χ1n) is 7.42. The minimum absolute atomic E-state index is 0.436. The number of anilines is 1. The summed E-state index contributed by atoms with van der Waals surface area (Å²) in [5.74, 6) is 0.638. The molecule has 2 N–H and O–H groups in total. The van der Waals surface area contributed by atoms with Gasteiger partial charge in [0.05, 0.1) is 6.10 Å². The van der Waals surface area contributed by atoms with Gasteiger partial charge in [-0.15, -0.1) is 0 Å². The normalized spacial score (nSPS) is 22.4. The minimum Gasteiger partial charge on any atom is -0.389 e. The van der Waals surface area contributed by atoms with Crippen molar-refractivity contribution in [3.8, 4) is 0 Å². The van der Waals surface area contributed by atoms with Crippen molar-refractivity contribution >= 4 is 21.6 Å². The van der Waals surface area contributed by atoms with Crippen LogP contribution in [0.1, 0.15) is 42.9 Å². The van der Waals surface area contributed by atoms with Crippen LogP contribution in [-0.4, -0.2) is 11.1 Å². The van der Waals surface area contributed by atoms with Gasteiger partial charge in [-0.2, -0.15) is 0 Å². The number of hydrogen-bond acceptors (Lipinski definition) is 2. The van der Waals surface area contributed by atoms with E-state index in [2.05, 4.69) is 51.6 Å². The van der Waals surface area contributed by atoms with Gasteiger partial charge in [-0.1, -0.05) is 46.3 Å². The molecule has 1 atom stereocenters. The van der Waals surface area contributed by atoms with E-state index in [0.717, 1.165) is 28.6 Å². The van der Waals surface area contributed by atoms with Crippen molar-refractivity contribution in [2.45, 2.75) is 37.8 Å². The summed E-state index contributed by atoms with van der Waals surface area (Å²) in [7, 11) is 0. The first-order valence-corrected chi connectivity index (χ1v) is 8.22. The zero-order valence-electron chi connectivity index (χ0n) is 12.1. The number of aliphatic hydroxyl groups excluding tert-OH is 1. The van der Waals surface area contributed by atoms with Gasteiger partial charge in [-0.3, -0.25) is 0 Å². The molecule has 110 valence electrons. The molecule has 2 aromatic carbocycles. The molecule has 0 saturated heterocycles. The smallest absolute Gasteiger partial charge is 0.0781 e. The van der Waals surface area contributed by atoms with Crippen LogP contribution < -0.4 is 5.32 Å². The molecule has 0 bridgehead atoms. The Bertz CT molecular complexity index is 620. The van der Waals surface area contributed by atoms with Crippen LogP contribution in [0.5, 0.6) is 0 Å². The molecule has 3 rings (SSSR count). The molecule has 0 spiro atoms. The lowest BCUT2D eigenvalue weighted by Gasteiger charge is -2.37. The average molecular weight is 346 g/mol. The summed E-state index contributed by atoms with van der Waals surface area (Å²) in [5.41, 5.74) is 3.44. The summed E-state index contributed by atoms with van der Waals surface area (Å²) in [6.07, 6.45) is 1.85. The van der Waals surface area contributed by atoms with Crippen molar-refractivity contribution in [3.63, 3.8) is 0 Å². The van der Waals surface area contributed by atoms with Gasteiger partial charge in [0.1, 0.15) is 0 Å². The summed E-state index contributed by atoms with van der Waals surface area (Å²) < 4.78 is 1.15. The molecule has 1 saturated carbocycles. The van der Waals surface area contributed by atoms with Crippen molar-refractivity contribution in [3.05, 3.63) is 64.1 Å². The van der Waals surface area contributed by atoms with E-state index >= 15 is 0 Å². The standard InChI is InChI=1S/C18H20BrNO/c1-12(21)17-7-2-3-8-18(17)20-16-10-14(11-16)13-5-4-6-15(19)9-13/h2-9,12,14,16,20-21H,10-11H2,1H3. The molecule has 2 aromatic rings. The van der Waals surface area contributed by atoms with Crippen LogP contribution in [0.2, 0.25) is 0 Å². The molecule has 1 unspecified atom stereocenters. The highest BCUT2D eigenvalue weighted by Crippen LogP contribution is 2.39. The second-order valence-corrected chi connectivity index (χ2v) is 6.74. The van der Waals surface area contributed by atoms with Crippen LogP contribution in [0, 0.1) is 0 Å². The fraction of sp³-hybridized carbons (Fsp3) is 0.333. The Labute approximate surface area is 134 Å². The molecule has 0 aliphatic heterocycles. The molecule has 2 nitrogen and oxygen atoms in total. The molecule has 21 heavy (non-hydrogen) atoms.